The number of hydrogen-bond donors (Lipinski definition) is 0. The zero-order valence-electron chi connectivity index (χ0n) is 21.1. The minimum absolute atomic E-state index is 0.0144. The van der Waals surface area contributed by atoms with E-state index in [4.69, 9.17) is 14.2 Å². The first-order valence-corrected chi connectivity index (χ1v) is 12.9. The molecule has 0 N–H and O–H groups in total. The summed E-state index contributed by atoms with van der Waals surface area (Å²) in [5.74, 6) is 0.199. The predicted molar refractivity (Wildman–Crippen MR) is 136 cm³/mol. The Balaban J connectivity index is 2.21. The van der Waals surface area contributed by atoms with Crippen molar-refractivity contribution in [1.29, 1.82) is 0 Å². The summed E-state index contributed by atoms with van der Waals surface area (Å²) < 4.78 is 47.0. The highest BCUT2D eigenvalue weighted by Gasteiger charge is 2.33. The molecule has 190 valence electrons. The molecule has 0 aliphatic heterocycles. The van der Waals surface area contributed by atoms with E-state index >= 15 is 0 Å². The zero-order chi connectivity index (χ0) is 25.8. The van der Waals surface area contributed by atoms with Crippen LogP contribution in [0.3, 0.4) is 0 Å². The molecule has 0 aliphatic carbocycles. The number of fused-ring (bicyclic) bond motifs is 1. The summed E-state index contributed by atoms with van der Waals surface area (Å²) in [6.45, 7) is 7.74. The molecule has 10 heteroatoms. The van der Waals surface area contributed by atoms with Gasteiger partial charge in [0.1, 0.15) is 0 Å². The molecule has 0 bridgehead atoms. The van der Waals surface area contributed by atoms with E-state index in [9.17, 15) is 13.2 Å². The second kappa shape index (κ2) is 11.0. The lowest BCUT2D eigenvalue weighted by atomic mass is 10.2. The van der Waals surface area contributed by atoms with E-state index in [0.29, 0.717) is 18.8 Å². The maximum Gasteiger partial charge on any atom is 0.270 e. The van der Waals surface area contributed by atoms with Gasteiger partial charge in [-0.1, -0.05) is 13.8 Å². The quantitative estimate of drug-likeness (QED) is 0.394. The van der Waals surface area contributed by atoms with Crippen molar-refractivity contribution in [3.63, 3.8) is 0 Å². The van der Waals surface area contributed by atoms with Gasteiger partial charge in [0.2, 0.25) is 5.75 Å². The number of aryl methyl sites for hydroxylation is 1. The molecule has 0 radical (unpaired) electrons. The van der Waals surface area contributed by atoms with Gasteiger partial charge in [0, 0.05) is 35.8 Å². The molecule has 1 aromatic heterocycles. The number of aromatic nitrogens is 1. The highest BCUT2D eigenvalue weighted by molar-refractivity contribution is 7.93. The van der Waals surface area contributed by atoms with Crippen LogP contribution in [0.4, 0.5) is 5.69 Å². The van der Waals surface area contributed by atoms with E-state index in [1.807, 2.05) is 42.5 Å². The van der Waals surface area contributed by atoms with Crippen LogP contribution in [0.5, 0.6) is 17.2 Å². The van der Waals surface area contributed by atoms with Crippen molar-refractivity contribution in [2.24, 2.45) is 0 Å². The molecule has 0 atom stereocenters. The van der Waals surface area contributed by atoms with Crippen LogP contribution in [0, 0.1) is 0 Å². The lowest BCUT2D eigenvalue weighted by Crippen LogP contribution is -2.43. The summed E-state index contributed by atoms with van der Waals surface area (Å²) in [7, 11) is 0.0471. The average molecular weight is 504 g/mol. The van der Waals surface area contributed by atoms with Crippen LogP contribution < -0.4 is 18.5 Å². The Morgan fingerprint density at radius 2 is 1.54 bits per heavy atom. The fraction of sp³-hybridized carbons (Fsp3) is 0.400. The molecule has 0 spiro atoms. The van der Waals surface area contributed by atoms with Gasteiger partial charge in [0.25, 0.3) is 15.9 Å². The van der Waals surface area contributed by atoms with Gasteiger partial charge in [-0.3, -0.25) is 9.69 Å². The highest BCUT2D eigenvalue weighted by atomic mass is 32.2. The second-order valence-corrected chi connectivity index (χ2v) is 9.62. The molecule has 35 heavy (non-hydrogen) atoms. The first-order valence-electron chi connectivity index (χ1n) is 11.4. The molecular weight excluding hydrogens is 470 g/mol. The van der Waals surface area contributed by atoms with E-state index in [0.717, 1.165) is 21.8 Å². The second-order valence-electron chi connectivity index (χ2n) is 7.83. The number of benzene rings is 2. The summed E-state index contributed by atoms with van der Waals surface area (Å²) >= 11 is 0. The normalized spacial score (nSPS) is 11.6. The smallest absolute Gasteiger partial charge is 0.270 e. The minimum atomic E-state index is -4.28. The van der Waals surface area contributed by atoms with Gasteiger partial charge in [-0.05, 0) is 44.3 Å². The fourth-order valence-corrected chi connectivity index (χ4v) is 5.46. The summed E-state index contributed by atoms with van der Waals surface area (Å²) in [5, 5.41) is 0.772. The van der Waals surface area contributed by atoms with Crippen LogP contribution in [-0.4, -0.2) is 64.8 Å². The number of rotatable bonds is 11. The van der Waals surface area contributed by atoms with Crippen LogP contribution >= 0.6 is 0 Å². The minimum Gasteiger partial charge on any atom is -0.493 e. The van der Waals surface area contributed by atoms with Gasteiger partial charge in [0.05, 0.1) is 38.5 Å². The zero-order valence-corrected chi connectivity index (χ0v) is 21.9. The van der Waals surface area contributed by atoms with E-state index in [-0.39, 0.29) is 28.6 Å². The van der Waals surface area contributed by atoms with Crippen LogP contribution in [-0.2, 0) is 21.4 Å². The number of likely N-dealkylation sites (N-methyl/N-ethyl adjacent to an activating group) is 1. The average Bonchev–Trinajstić information content (AvgIpc) is 3.28. The molecule has 0 saturated heterocycles. The van der Waals surface area contributed by atoms with E-state index in [1.165, 1.54) is 39.5 Å². The molecule has 0 unspecified atom stereocenters. The largest absolute Gasteiger partial charge is 0.493 e. The standard InChI is InChI=1S/C25H33N3O6S/c1-7-26(8-2)17-24(29)28(19-15-22(32-4)25(34-6)23(16-19)33-5)35(30,31)20-10-11-21-18(14-20)12-13-27(21)9-3/h10-16H,7-9,17H2,1-6H3. The molecule has 0 fully saturated rings. The van der Waals surface area contributed by atoms with Gasteiger partial charge < -0.3 is 18.8 Å². The molecule has 1 heterocycles. The van der Waals surface area contributed by atoms with Gasteiger partial charge in [-0.25, -0.2) is 12.7 Å². The van der Waals surface area contributed by atoms with Crippen molar-refractivity contribution in [2.75, 3.05) is 45.3 Å². The van der Waals surface area contributed by atoms with Gasteiger partial charge in [-0.15, -0.1) is 0 Å². The predicted octanol–water partition coefficient (Wildman–Crippen LogP) is 3.75. The van der Waals surface area contributed by atoms with Crippen LogP contribution in [0.1, 0.15) is 20.8 Å². The number of carbonyl (C=O) groups excluding carboxylic acids is 1. The third-order valence-corrected chi connectivity index (χ3v) is 7.73. The van der Waals surface area contributed by atoms with E-state index in [2.05, 4.69) is 0 Å². The third-order valence-electron chi connectivity index (χ3n) is 5.99. The summed E-state index contributed by atoms with van der Waals surface area (Å²) in [4.78, 5) is 15.4. The van der Waals surface area contributed by atoms with Gasteiger partial charge in [-0.2, -0.15) is 0 Å². The maximum absolute atomic E-state index is 14.0. The lowest BCUT2D eigenvalue weighted by Gasteiger charge is -2.27. The Morgan fingerprint density at radius 3 is 2.06 bits per heavy atom. The van der Waals surface area contributed by atoms with Crippen LogP contribution in [0.25, 0.3) is 10.9 Å². The fourth-order valence-electron chi connectivity index (χ4n) is 4.02. The number of methoxy groups -OCH3 is 3. The molecular formula is C25H33N3O6S. The molecule has 1 amide bonds. The van der Waals surface area contributed by atoms with Crippen molar-refractivity contribution in [1.82, 2.24) is 9.47 Å². The number of sulfonamides is 1. The number of hydrogen-bond acceptors (Lipinski definition) is 7. The number of amides is 1. The van der Waals surface area contributed by atoms with Gasteiger partial charge in [0.15, 0.2) is 11.5 Å². The summed E-state index contributed by atoms with van der Waals surface area (Å²) in [5.41, 5.74) is 1.02. The Morgan fingerprint density at radius 1 is 0.914 bits per heavy atom. The molecule has 0 saturated carbocycles. The Hall–Kier alpha value is -3.24. The highest BCUT2D eigenvalue weighted by Crippen LogP contribution is 2.42. The van der Waals surface area contributed by atoms with Crippen molar-refractivity contribution in [3.8, 4) is 17.2 Å². The Kier molecular flexibility index (Phi) is 8.29. The molecule has 2 aromatic carbocycles. The van der Waals surface area contributed by atoms with E-state index in [1.54, 1.807) is 12.1 Å². The van der Waals surface area contributed by atoms with Crippen LogP contribution in [0.2, 0.25) is 0 Å². The first-order chi connectivity index (χ1) is 16.7. The SMILES string of the molecule is CCN(CC)CC(=O)N(c1cc(OC)c(OC)c(OC)c1)S(=O)(=O)c1ccc2c(ccn2CC)c1. The topological polar surface area (TPSA) is 90.3 Å². The first kappa shape index (κ1) is 26.4. The lowest BCUT2D eigenvalue weighted by molar-refractivity contribution is -0.118. The molecule has 3 rings (SSSR count). The summed E-state index contributed by atoms with van der Waals surface area (Å²) in [6.07, 6.45) is 1.91. The molecule has 9 nitrogen and oxygen atoms in total. The van der Waals surface area contributed by atoms with Crippen molar-refractivity contribution in [3.05, 3.63) is 42.6 Å². The van der Waals surface area contributed by atoms with Crippen molar-refractivity contribution < 1.29 is 27.4 Å². The number of anilines is 1. The Labute approximate surface area is 206 Å². The monoisotopic (exact) mass is 503 g/mol. The Bertz CT molecular complexity index is 1270. The third kappa shape index (κ3) is 5.08. The number of ether oxygens (including phenoxy) is 3. The maximum atomic E-state index is 14.0. The van der Waals surface area contributed by atoms with Crippen molar-refractivity contribution in [2.45, 2.75) is 32.2 Å². The number of carbonyl (C=O) groups is 1. The number of nitrogens with zero attached hydrogens (tertiary/aromatic N) is 3. The van der Waals surface area contributed by atoms with Crippen molar-refractivity contribution >= 4 is 32.5 Å². The van der Waals surface area contributed by atoms with Crippen LogP contribution in [0.15, 0.2) is 47.5 Å². The van der Waals surface area contributed by atoms with E-state index < -0.39 is 15.9 Å². The molecule has 0 aliphatic rings. The summed E-state index contributed by atoms with van der Waals surface area (Å²) in [6, 6.07) is 9.66. The van der Waals surface area contributed by atoms with Gasteiger partial charge >= 0.3 is 0 Å². The molecule has 3 aromatic rings.